The van der Waals surface area contributed by atoms with Crippen molar-refractivity contribution in [1.82, 2.24) is 0 Å². The van der Waals surface area contributed by atoms with Crippen LogP contribution in [0.3, 0.4) is 0 Å². The van der Waals surface area contributed by atoms with Crippen molar-refractivity contribution in [3.05, 3.63) is 59.7 Å². The van der Waals surface area contributed by atoms with Gasteiger partial charge in [0.2, 0.25) is 0 Å². The Bertz CT molecular complexity index is 839. The molecule has 0 heterocycles. The molecule has 2 aromatic carbocycles. The molecule has 0 fully saturated rings. The van der Waals surface area contributed by atoms with Crippen LogP contribution in [-0.2, 0) is 9.47 Å². The van der Waals surface area contributed by atoms with Gasteiger partial charge in [0.1, 0.15) is 0 Å². The van der Waals surface area contributed by atoms with Gasteiger partial charge in [-0.2, -0.15) is 0 Å². The summed E-state index contributed by atoms with van der Waals surface area (Å²) in [6.45, 7) is 4.44. The van der Waals surface area contributed by atoms with Gasteiger partial charge in [-0.05, 0) is 56.2 Å². The van der Waals surface area contributed by atoms with E-state index in [9.17, 15) is 9.90 Å². The number of esters is 1. The molecule has 1 atom stereocenters. The number of aliphatic hydroxyl groups excluding tert-OH is 1. The fraction of sp³-hybridized carbons (Fsp3) is 0.552. The maximum Gasteiger partial charge on any atom is 0.337 e. The van der Waals surface area contributed by atoms with Gasteiger partial charge in [0.25, 0.3) is 0 Å². The van der Waals surface area contributed by atoms with E-state index in [4.69, 9.17) is 9.47 Å². The normalized spacial score (nSPS) is 11.8. The Morgan fingerprint density at radius 2 is 1.20 bits per heavy atom. The number of carbonyl (C=O) groups excluding carboxylic acids is 1. The predicted molar refractivity (Wildman–Crippen MR) is 144 cm³/mol. The molecule has 35 heavy (non-hydrogen) atoms. The molecule has 0 aliphatic carbocycles. The lowest BCUT2D eigenvalue weighted by molar-refractivity contribution is -0.0979. The molecule has 1 unspecified atom stereocenters. The van der Waals surface area contributed by atoms with Crippen molar-refractivity contribution in [1.29, 1.82) is 0 Å². The molecule has 0 radical (unpaired) electrons. The number of nitrogens with zero attached hydrogens (tertiary/aromatic N) is 2. The van der Waals surface area contributed by atoms with Crippen LogP contribution in [0, 0.1) is 0 Å². The van der Waals surface area contributed by atoms with E-state index in [1.807, 2.05) is 55.5 Å². The van der Waals surface area contributed by atoms with Crippen molar-refractivity contribution in [3.63, 3.8) is 0 Å². The maximum absolute atomic E-state index is 11.5. The van der Waals surface area contributed by atoms with Crippen LogP contribution >= 0.6 is 0 Å². The van der Waals surface area contributed by atoms with Crippen LogP contribution in [0.4, 0.5) is 11.4 Å². The minimum absolute atomic E-state index is 0.295. The van der Waals surface area contributed by atoms with Gasteiger partial charge in [0, 0.05) is 50.7 Å². The first-order valence-electron chi connectivity index (χ1n) is 13.0. The zero-order chi connectivity index (χ0) is 25.5. The van der Waals surface area contributed by atoms with Gasteiger partial charge in [0.05, 0.1) is 12.7 Å². The Kier molecular flexibility index (Phi) is 13.2. The van der Waals surface area contributed by atoms with Crippen LogP contribution in [0.5, 0.6) is 0 Å². The largest absolute Gasteiger partial charge is 0.465 e. The third-order valence-electron chi connectivity index (χ3n) is 6.41. The van der Waals surface area contributed by atoms with E-state index >= 15 is 0 Å². The van der Waals surface area contributed by atoms with Gasteiger partial charge in [-0.25, -0.2) is 4.79 Å². The smallest absolute Gasteiger partial charge is 0.337 e. The number of hydrogen-bond acceptors (Lipinski definition) is 6. The van der Waals surface area contributed by atoms with Crippen LogP contribution in [0.2, 0.25) is 0 Å². The first-order valence-corrected chi connectivity index (χ1v) is 13.0. The van der Waals surface area contributed by atoms with E-state index in [1.54, 1.807) is 0 Å². The van der Waals surface area contributed by atoms with Crippen molar-refractivity contribution >= 4 is 17.3 Å². The topological polar surface area (TPSA) is 62.2 Å². The monoisotopic (exact) mass is 484 g/mol. The van der Waals surface area contributed by atoms with Gasteiger partial charge in [-0.3, -0.25) is 0 Å². The highest BCUT2D eigenvalue weighted by Gasteiger charge is 2.08. The number of aliphatic hydroxyl groups is 1. The molecule has 0 spiro atoms. The summed E-state index contributed by atoms with van der Waals surface area (Å²) in [6.07, 6.45) is 9.23. The quantitative estimate of drug-likeness (QED) is 0.164. The Balaban J connectivity index is 1.49. The van der Waals surface area contributed by atoms with Crippen molar-refractivity contribution < 1.29 is 19.4 Å². The summed E-state index contributed by atoms with van der Waals surface area (Å²) < 4.78 is 9.98. The summed E-state index contributed by atoms with van der Waals surface area (Å²) in [4.78, 5) is 16.1. The number of ether oxygens (including phenoxy) is 2. The first kappa shape index (κ1) is 28.7. The highest BCUT2D eigenvalue weighted by atomic mass is 16.6. The summed E-state index contributed by atoms with van der Waals surface area (Å²) in [5.41, 5.74) is 3.68. The van der Waals surface area contributed by atoms with Crippen LogP contribution in [0.15, 0.2) is 48.5 Å². The standard InChI is InChI=1S/C29H44N2O4/c1-5-35-29(33)25-16-20-27(21-17-25)31(3)23-13-11-9-7-6-8-10-12-22-30(2)26-18-14-24(15-19-26)28(32)34-4/h14-21,29,33H,5-13,22-23H2,1-4H3. The molecule has 6 nitrogen and oxygen atoms in total. The van der Waals surface area contributed by atoms with Crippen LogP contribution in [0.25, 0.3) is 0 Å². The van der Waals surface area contributed by atoms with Crippen molar-refractivity contribution in [2.75, 3.05) is 50.7 Å². The highest BCUT2D eigenvalue weighted by molar-refractivity contribution is 5.89. The summed E-state index contributed by atoms with van der Waals surface area (Å²) in [5.74, 6) is -0.295. The van der Waals surface area contributed by atoms with E-state index in [0.717, 1.165) is 24.3 Å². The molecule has 194 valence electrons. The second-order valence-electron chi connectivity index (χ2n) is 9.11. The van der Waals surface area contributed by atoms with Crippen LogP contribution in [-0.4, -0.2) is 52.0 Å². The number of hydrogen-bond donors (Lipinski definition) is 1. The van der Waals surface area contributed by atoms with Crippen molar-refractivity contribution in [2.45, 2.75) is 64.6 Å². The van der Waals surface area contributed by atoms with Gasteiger partial charge >= 0.3 is 5.97 Å². The Morgan fingerprint density at radius 1 is 0.771 bits per heavy atom. The first-order chi connectivity index (χ1) is 17.0. The van der Waals surface area contributed by atoms with E-state index in [1.165, 1.54) is 64.2 Å². The average molecular weight is 485 g/mol. The average Bonchev–Trinajstić information content (AvgIpc) is 2.89. The van der Waals surface area contributed by atoms with Gasteiger partial charge in [-0.15, -0.1) is 0 Å². The minimum atomic E-state index is -0.841. The molecule has 0 saturated heterocycles. The fourth-order valence-electron chi connectivity index (χ4n) is 4.13. The van der Waals surface area contributed by atoms with Crippen molar-refractivity contribution in [3.8, 4) is 0 Å². The lowest BCUT2D eigenvalue weighted by Crippen LogP contribution is -2.18. The van der Waals surface area contributed by atoms with Crippen LogP contribution < -0.4 is 9.80 Å². The summed E-state index contributed by atoms with van der Waals surface area (Å²) in [5, 5.41) is 9.89. The number of carbonyl (C=O) groups is 1. The molecule has 0 bridgehead atoms. The van der Waals surface area contributed by atoms with Gasteiger partial charge in [-0.1, -0.05) is 50.7 Å². The molecule has 1 N–H and O–H groups in total. The second-order valence-corrected chi connectivity index (χ2v) is 9.11. The molecule has 2 rings (SSSR count). The van der Waals surface area contributed by atoms with Crippen molar-refractivity contribution in [2.24, 2.45) is 0 Å². The third-order valence-corrected chi connectivity index (χ3v) is 6.41. The second kappa shape index (κ2) is 16.2. The Morgan fingerprint density at radius 3 is 1.63 bits per heavy atom. The zero-order valence-electron chi connectivity index (χ0n) is 22.0. The molecule has 0 aromatic heterocycles. The lowest BCUT2D eigenvalue weighted by atomic mass is 10.1. The lowest BCUT2D eigenvalue weighted by Gasteiger charge is -2.20. The number of rotatable bonds is 17. The fourth-order valence-corrected chi connectivity index (χ4v) is 4.13. The molecular formula is C29H44N2O4. The van der Waals surface area contributed by atoms with E-state index in [-0.39, 0.29) is 5.97 Å². The SMILES string of the molecule is CCOC(O)c1ccc(N(C)CCCCCCCCCCN(C)c2ccc(C(=O)OC)cc2)cc1. The molecular weight excluding hydrogens is 440 g/mol. The number of anilines is 2. The molecule has 0 aliphatic heterocycles. The molecule has 2 aromatic rings. The predicted octanol–water partition coefficient (Wildman–Crippen LogP) is 6.19. The zero-order valence-corrected chi connectivity index (χ0v) is 22.0. The van der Waals surface area contributed by atoms with E-state index < -0.39 is 6.29 Å². The van der Waals surface area contributed by atoms with Gasteiger partial charge < -0.3 is 24.4 Å². The Labute approximate surface area is 211 Å². The minimum Gasteiger partial charge on any atom is -0.465 e. The van der Waals surface area contributed by atoms with Crippen LogP contribution in [0.1, 0.15) is 80.5 Å². The number of benzene rings is 2. The molecule has 0 amide bonds. The summed E-state index contributed by atoms with van der Waals surface area (Å²) in [7, 11) is 5.63. The summed E-state index contributed by atoms with van der Waals surface area (Å²) >= 11 is 0. The molecule has 6 heteroatoms. The number of methoxy groups -OCH3 is 1. The molecule has 0 saturated carbocycles. The Hall–Kier alpha value is -2.57. The van der Waals surface area contributed by atoms with Gasteiger partial charge in [0.15, 0.2) is 6.29 Å². The summed E-state index contributed by atoms with van der Waals surface area (Å²) in [6, 6.07) is 15.6. The molecule has 0 aliphatic rings. The van der Waals surface area contributed by atoms with E-state index in [2.05, 4.69) is 23.9 Å². The highest BCUT2D eigenvalue weighted by Crippen LogP contribution is 2.20. The third kappa shape index (κ3) is 10.3. The van der Waals surface area contributed by atoms with E-state index in [0.29, 0.717) is 12.2 Å². The maximum atomic E-state index is 11.5. The number of unbranched alkanes of at least 4 members (excludes halogenated alkanes) is 7.